The second-order valence-electron chi connectivity index (χ2n) is 4.62. The minimum absolute atomic E-state index is 0.0362. The van der Waals surface area contributed by atoms with Crippen molar-refractivity contribution in [3.8, 4) is 0 Å². The van der Waals surface area contributed by atoms with Crippen LogP contribution in [0.4, 0.5) is 0 Å². The van der Waals surface area contributed by atoms with Crippen molar-refractivity contribution in [3.63, 3.8) is 0 Å². The third-order valence-electron chi connectivity index (χ3n) is 3.07. The number of carbonyl (C=O) groups is 2. The van der Waals surface area contributed by atoms with Crippen molar-refractivity contribution in [3.05, 3.63) is 0 Å². The molecule has 0 aliphatic carbocycles. The van der Waals surface area contributed by atoms with E-state index in [0.29, 0.717) is 31.2 Å². The fraction of sp³-hybridized carbons (Fsp3) is 0.846. The number of rotatable bonds is 8. The van der Waals surface area contributed by atoms with Gasteiger partial charge in [-0.15, -0.1) is 11.8 Å². The van der Waals surface area contributed by atoms with E-state index in [-0.39, 0.29) is 17.9 Å². The Kier molecular flexibility index (Phi) is 7.90. The van der Waals surface area contributed by atoms with Gasteiger partial charge in [-0.05, 0) is 12.8 Å². The predicted molar refractivity (Wildman–Crippen MR) is 77.0 cm³/mol. The minimum atomic E-state index is -0.295. The number of amides is 2. The van der Waals surface area contributed by atoms with Crippen molar-refractivity contribution in [1.29, 1.82) is 0 Å². The Labute approximate surface area is 119 Å². The maximum Gasteiger partial charge on any atom is 0.243 e. The Bertz CT molecular complexity index is 300. The lowest BCUT2D eigenvalue weighted by molar-refractivity contribution is -0.138. The molecule has 1 fully saturated rings. The summed E-state index contributed by atoms with van der Waals surface area (Å²) in [5.74, 6) is 1.40. The monoisotopic (exact) mass is 288 g/mol. The summed E-state index contributed by atoms with van der Waals surface area (Å²) in [6.45, 7) is 3.30. The fourth-order valence-electron chi connectivity index (χ4n) is 1.92. The van der Waals surface area contributed by atoms with Gasteiger partial charge in [0.25, 0.3) is 0 Å². The highest BCUT2D eigenvalue weighted by Crippen LogP contribution is 2.22. The van der Waals surface area contributed by atoms with E-state index < -0.39 is 0 Å². The first-order chi connectivity index (χ1) is 9.20. The molecule has 19 heavy (non-hydrogen) atoms. The van der Waals surface area contributed by atoms with Crippen LogP contribution in [0.5, 0.6) is 0 Å². The molecule has 0 aromatic heterocycles. The van der Waals surface area contributed by atoms with E-state index in [2.05, 4.69) is 12.2 Å². The summed E-state index contributed by atoms with van der Waals surface area (Å²) in [5, 5.41) is 2.87. The Morgan fingerprint density at radius 3 is 2.89 bits per heavy atom. The van der Waals surface area contributed by atoms with Crippen molar-refractivity contribution < 1.29 is 14.3 Å². The maximum atomic E-state index is 12.0. The van der Waals surface area contributed by atoms with E-state index in [1.54, 1.807) is 23.8 Å². The minimum Gasteiger partial charge on any atom is -0.385 e. The number of nitrogens with zero attached hydrogens (tertiary/aromatic N) is 1. The van der Waals surface area contributed by atoms with Gasteiger partial charge in [0.15, 0.2) is 0 Å². The van der Waals surface area contributed by atoms with Gasteiger partial charge in [0.05, 0.1) is 5.88 Å². The van der Waals surface area contributed by atoms with Gasteiger partial charge in [0, 0.05) is 32.4 Å². The van der Waals surface area contributed by atoms with Crippen molar-refractivity contribution in [2.75, 3.05) is 31.9 Å². The summed E-state index contributed by atoms with van der Waals surface area (Å²) in [6, 6.07) is -0.295. The van der Waals surface area contributed by atoms with Crippen molar-refractivity contribution >= 4 is 23.6 Å². The Balaban J connectivity index is 2.37. The molecule has 1 unspecified atom stereocenters. The van der Waals surface area contributed by atoms with Gasteiger partial charge < -0.3 is 15.0 Å². The largest absolute Gasteiger partial charge is 0.385 e. The fourth-order valence-corrected chi connectivity index (χ4v) is 3.10. The molecule has 0 bridgehead atoms. The van der Waals surface area contributed by atoms with E-state index in [4.69, 9.17) is 4.74 Å². The Hall–Kier alpha value is -0.750. The summed E-state index contributed by atoms with van der Waals surface area (Å²) >= 11 is 1.64. The zero-order valence-electron chi connectivity index (χ0n) is 11.8. The highest BCUT2D eigenvalue weighted by atomic mass is 32.2. The van der Waals surface area contributed by atoms with Crippen molar-refractivity contribution in [2.24, 2.45) is 0 Å². The van der Waals surface area contributed by atoms with Crippen LogP contribution < -0.4 is 5.32 Å². The lowest BCUT2D eigenvalue weighted by Crippen LogP contribution is -2.47. The molecule has 0 aromatic rings. The first-order valence-electron chi connectivity index (χ1n) is 6.84. The van der Waals surface area contributed by atoms with Crippen LogP contribution in [0.3, 0.4) is 0 Å². The average molecular weight is 288 g/mol. The molecule has 0 saturated carbocycles. The molecule has 1 aliphatic heterocycles. The van der Waals surface area contributed by atoms with Gasteiger partial charge in [-0.3, -0.25) is 9.59 Å². The van der Waals surface area contributed by atoms with Crippen LogP contribution in [-0.2, 0) is 14.3 Å². The Morgan fingerprint density at radius 2 is 2.21 bits per heavy atom. The molecule has 1 aliphatic rings. The van der Waals surface area contributed by atoms with Gasteiger partial charge in [-0.1, -0.05) is 13.3 Å². The smallest absolute Gasteiger partial charge is 0.243 e. The first-order valence-corrected chi connectivity index (χ1v) is 8.00. The topological polar surface area (TPSA) is 58.6 Å². The molecule has 2 amide bonds. The zero-order chi connectivity index (χ0) is 14.1. The van der Waals surface area contributed by atoms with Gasteiger partial charge in [-0.2, -0.15) is 0 Å². The number of methoxy groups -OCH3 is 1. The van der Waals surface area contributed by atoms with Gasteiger partial charge in [0.1, 0.15) is 6.04 Å². The first kappa shape index (κ1) is 16.3. The summed E-state index contributed by atoms with van der Waals surface area (Å²) in [6.07, 6.45) is 3.24. The molecule has 5 nitrogen and oxygen atoms in total. The van der Waals surface area contributed by atoms with Crippen LogP contribution in [0, 0.1) is 0 Å². The third-order valence-corrected chi connectivity index (χ3v) is 4.09. The van der Waals surface area contributed by atoms with E-state index in [9.17, 15) is 9.59 Å². The quantitative estimate of drug-likeness (QED) is 0.683. The summed E-state index contributed by atoms with van der Waals surface area (Å²) in [5.41, 5.74) is 0. The molecule has 6 heteroatoms. The molecule has 1 saturated heterocycles. The normalized spacial score (nSPS) is 18.6. The van der Waals surface area contributed by atoms with E-state index >= 15 is 0 Å². The van der Waals surface area contributed by atoms with Crippen LogP contribution in [0.15, 0.2) is 0 Å². The van der Waals surface area contributed by atoms with Crippen molar-refractivity contribution in [1.82, 2.24) is 10.2 Å². The van der Waals surface area contributed by atoms with Crippen LogP contribution in [0.2, 0.25) is 0 Å². The molecule has 1 atom stereocenters. The summed E-state index contributed by atoms with van der Waals surface area (Å²) in [7, 11) is 1.64. The number of ether oxygens (including phenoxy) is 1. The highest BCUT2D eigenvalue weighted by molar-refractivity contribution is 7.99. The molecule has 0 aromatic carbocycles. The second kappa shape index (κ2) is 9.20. The van der Waals surface area contributed by atoms with E-state index in [0.717, 1.165) is 19.3 Å². The van der Waals surface area contributed by atoms with E-state index in [1.165, 1.54) is 0 Å². The summed E-state index contributed by atoms with van der Waals surface area (Å²) < 4.78 is 4.93. The van der Waals surface area contributed by atoms with Crippen LogP contribution >= 0.6 is 11.8 Å². The maximum absolute atomic E-state index is 12.0. The van der Waals surface area contributed by atoms with Gasteiger partial charge >= 0.3 is 0 Å². The number of unbranched alkanes of at least 4 members (excludes halogenated alkanes) is 1. The highest BCUT2D eigenvalue weighted by Gasteiger charge is 2.33. The van der Waals surface area contributed by atoms with E-state index in [1.807, 2.05) is 0 Å². The average Bonchev–Trinajstić information content (AvgIpc) is 2.90. The van der Waals surface area contributed by atoms with Gasteiger partial charge in [-0.25, -0.2) is 0 Å². The molecular formula is C13H24N2O3S. The van der Waals surface area contributed by atoms with Crippen LogP contribution in [-0.4, -0.2) is 54.6 Å². The zero-order valence-corrected chi connectivity index (χ0v) is 12.6. The van der Waals surface area contributed by atoms with Crippen LogP contribution in [0.1, 0.15) is 32.6 Å². The number of hydrogen-bond acceptors (Lipinski definition) is 4. The van der Waals surface area contributed by atoms with Crippen LogP contribution in [0.25, 0.3) is 0 Å². The predicted octanol–water partition coefficient (Wildman–Crippen LogP) is 1.23. The Morgan fingerprint density at radius 1 is 1.42 bits per heavy atom. The number of nitrogens with one attached hydrogen (secondary N) is 1. The molecule has 1 rings (SSSR count). The number of hydrogen-bond donors (Lipinski definition) is 1. The standard InChI is InChI=1S/C13H24N2O3S/c1-3-4-6-12(16)15-10-19-9-11(15)13(17)14-7-5-8-18-2/h11H,3-10H2,1-2H3,(H,14,17). The summed E-state index contributed by atoms with van der Waals surface area (Å²) in [4.78, 5) is 25.8. The van der Waals surface area contributed by atoms with Gasteiger partial charge in [0.2, 0.25) is 11.8 Å². The molecule has 0 radical (unpaired) electrons. The molecule has 1 N–H and O–H groups in total. The molecule has 1 heterocycles. The van der Waals surface area contributed by atoms with Crippen molar-refractivity contribution in [2.45, 2.75) is 38.6 Å². The second-order valence-corrected chi connectivity index (χ2v) is 5.62. The lowest BCUT2D eigenvalue weighted by atomic mass is 10.2. The molecule has 110 valence electrons. The SMILES string of the molecule is CCCCC(=O)N1CSCC1C(=O)NCCCOC. The lowest BCUT2D eigenvalue weighted by Gasteiger charge is -2.23. The molecular weight excluding hydrogens is 264 g/mol. The third kappa shape index (κ3) is 5.40. The molecule has 0 spiro atoms. The number of carbonyl (C=O) groups excluding carboxylic acids is 2. The number of thioether (sulfide) groups is 1.